The molecule has 1 aliphatic heterocycles. The van der Waals surface area contributed by atoms with E-state index < -0.39 is 0 Å². The van der Waals surface area contributed by atoms with Crippen LogP contribution in [0.5, 0.6) is 0 Å². The van der Waals surface area contributed by atoms with Crippen molar-refractivity contribution in [2.75, 3.05) is 19.8 Å². The summed E-state index contributed by atoms with van der Waals surface area (Å²) in [5, 5.41) is 0. The maximum Gasteiger partial charge on any atom is 0.249 e. The second-order valence-corrected chi connectivity index (χ2v) is 5.95. The van der Waals surface area contributed by atoms with Crippen LogP contribution in [0.1, 0.15) is 45.4 Å². The lowest BCUT2D eigenvalue weighted by molar-refractivity contribution is -0.147. The molecule has 1 saturated heterocycles. The molecule has 112 valence electrons. The molecule has 0 aromatic rings. The molecule has 0 bridgehead atoms. The fourth-order valence-electron chi connectivity index (χ4n) is 3.78. The third-order valence-electron chi connectivity index (χ3n) is 4.74. The normalized spacial score (nSPS) is 33.8. The molecule has 3 atom stereocenters. The number of hydrogen-bond donors (Lipinski definition) is 0. The minimum Gasteiger partial charge on any atom is -0.376 e. The largest absolute Gasteiger partial charge is 0.376 e. The summed E-state index contributed by atoms with van der Waals surface area (Å²) < 4.78 is 11.7. The fraction of sp³-hybridized carbons (Fsp3) is 0.812. The average molecular weight is 279 g/mol. The van der Waals surface area contributed by atoms with Crippen LogP contribution in [-0.2, 0) is 14.3 Å². The van der Waals surface area contributed by atoms with Crippen molar-refractivity contribution in [1.29, 1.82) is 0 Å². The van der Waals surface area contributed by atoms with E-state index in [4.69, 9.17) is 9.47 Å². The summed E-state index contributed by atoms with van der Waals surface area (Å²) in [6.07, 6.45) is 8.78. The Hall–Kier alpha value is -0.870. The van der Waals surface area contributed by atoms with E-state index in [1.165, 1.54) is 6.42 Å². The van der Waals surface area contributed by atoms with Crippen molar-refractivity contribution in [3.63, 3.8) is 0 Å². The summed E-state index contributed by atoms with van der Waals surface area (Å²) >= 11 is 0. The molecule has 2 fully saturated rings. The van der Waals surface area contributed by atoms with Gasteiger partial charge in [0.15, 0.2) is 0 Å². The average Bonchev–Trinajstić information content (AvgIpc) is 2.91. The second kappa shape index (κ2) is 6.27. The Morgan fingerprint density at radius 1 is 1.45 bits per heavy atom. The topological polar surface area (TPSA) is 38.8 Å². The highest BCUT2D eigenvalue weighted by Crippen LogP contribution is 2.33. The van der Waals surface area contributed by atoms with Crippen LogP contribution in [0.4, 0.5) is 0 Å². The monoisotopic (exact) mass is 279 g/mol. The van der Waals surface area contributed by atoms with Gasteiger partial charge in [0.25, 0.3) is 0 Å². The molecule has 0 radical (unpaired) electrons. The lowest BCUT2D eigenvalue weighted by Gasteiger charge is -2.39. The van der Waals surface area contributed by atoms with Gasteiger partial charge in [-0.1, -0.05) is 6.08 Å². The molecule has 0 spiro atoms. The van der Waals surface area contributed by atoms with Crippen LogP contribution in [0.25, 0.3) is 0 Å². The van der Waals surface area contributed by atoms with Gasteiger partial charge in [-0.05, 0) is 45.4 Å². The Bertz CT molecular complexity index is 393. The number of allylic oxidation sites excluding steroid dienone is 1. The number of amides is 1. The Kier molecular flexibility index (Phi) is 4.41. The van der Waals surface area contributed by atoms with Crippen LogP contribution < -0.4 is 0 Å². The Balaban J connectivity index is 1.70. The number of fused-ring (bicyclic) bond motifs is 1. The number of nitrogens with zero attached hydrogens (tertiary/aromatic N) is 1. The first kappa shape index (κ1) is 14.1. The minimum atomic E-state index is 0.0804. The molecule has 1 saturated carbocycles. The molecule has 0 aromatic carbocycles. The third kappa shape index (κ3) is 2.63. The van der Waals surface area contributed by atoms with Gasteiger partial charge in [0.2, 0.25) is 5.91 Å². The van der Waals surface area contributed by atoms with Gasteiger partial charge >= 0.3 is 0 Å². The van der Waals surface area contributed by atoms with Crippen molar-refractivity contribution in [3.05, 3.63) is 11.6 Å². The van der Waals surface area contributed by atoms with Crippen LogP contribution in [0.15, 0.2) is 11.6 Å². The van der Waals surface area contributed by atoms with E-state index in [9.17, 15) is 4.79 Å². The van der Waals surface area contributed by atoms with Gasteiger partial charge in [0, 0.05) is 18.7 Å². The van der Waals surface area contributed by atoms with Crippen LogP contribution in [-0.4, -0.2) is 48.8 Å². The zero-order valence-corrected chi connectivity index (χ0v) is 12.3. The molecule has 0 aromatic heterocycles. The zero-order chi connectivity index (χ0) is 13.9. The highest BCUT2D eigenvalue weighted by Gasteiger charge is 2.45. The Labute approximate surface area is 121 Å². The molecule has 4 heteroatoms. The first-order valence-corrected chi connectivity index (χ1v) is 8.04. The molecule has 1 amide bonds. The highest BCUT2D eigenvalue weighted by molar-refractivity contribution is 5.93. The number of ether oxygens (including phenoxy) is 2. The number of carbonyl (C=O) groups excluding carboxylic acids is 1. The van der Waals surface area contributed by atoms with Gasteiger partial charge < -0.3 is 14.4 Å². The van der Waals surface area contributed by atoms with Gasteiger partial charge in [-0.3, -0.25) is 4.79 Å². The van der Waals surface area contributed by atoms with E-state index in [0.717, 1.165) is 50.8 Å². The number of rotatable bonds is 3. The van der Waals surface area contributed by atoms with Crippen molar-refractivity contribution in [1.82, 2.24) is 4.90 Å². The van der Waals surface area contributed by atoms with Crippen LogP contribution in [0.3, 0.4) is 0 Å². The molecule has 3 aliphatic rings. The number of morpholine rings is 1. The lowest BCUT2D eigenvalue weighted by atomic mass is 9.97. The van der Waals surface area contributed by atoms with E-state index in [1.54, 1.807) is 0 Å². The van der Waals surface area contributed by atoms with Crippen molar-refractivity contribution >= 4 is 5.91 Å². The number of carbonyl (C=O) groups is 1. The fourth-order valence-corrected chi connectivity index (χ4v) is 3.78. The summed E-state index contributed by atoms with van der Waals surface area (Å²) in [4.78, 5) is 14.8. The first-order chi connectivity index (χ1) is 9.81. The lowest BCUT2D eigenvalue weighted by Crippen LogP contribution is -2.54. The van der Waals surface area contributed by atoms with E-state index in [1.807, 2.05) is 6.92 Å². The quantitative estimate of drug-likeness (QED) is 0.795. The van der Waals surface area contributed by atoms with E-state index in [2.05, 4.69) is 11.0 Å². The van der Waals surface area contributed by atoms with Gasteiger partial charge in [0.1, 0.15) is 6.10 Å². The van der Waals surface area contributed by atoms with E-state index in [0.29, 0.717) is 6.61 Å². The highest BCUT2D eigenvalue weighted by atomic mass is 16.5. The molecule has 0 N–H and O–H groups in total. The molecule has 4 nitrogen and oxygen atoms in total. The maximum atomic E-state index is 12.7. The predicted molar refractivity (Wildman–Crippen MR) is 76.4 cm³/mol. The summed E-state index contributed by atoms with van der Waals surface area (Å²) in [6.45, 7) is 4.11. The maximum absolute atomic E-state index is 12.7. The molecule has 1 heterocycles. The predicted octanol–water partition coefficient (Wildman–Crippen LogP) is 2.28. The number of hydrogen-bond acceptors (Lipinski definition) is 3. The minimum absolute atomic E-state index is 0.0804. The third-order valence-corrected chi connectivity index (χ3v) is 4.74. The van der Waals surface area contributed by atoms with E-state index >= 15 is 0 Å². The van der Waals surface area contributed by atoms with Gasteiger partial charge in [-0.25, -0.2) is 0 Å². The van der Waals surface area contributed by atoms with Gasteiger partial charge in [0.05, 0.1) is 18.8 Å². The standard InChI is InChI=1S/C16H25NO3/c1-2-19-14-9-8-13-15(14)20-11-10-17(13)16(18)12-6-4-3-5-7-12/h6,13-15H,2-5,7-11H2,1H3/t13-,14-,15-/m0/s1. The van der Waals surface area contributed by atoms with E-state index in [-0.39, 0.29) is 24.2 Å². The Morgan fingerprint density at radius 3 is 3.10 bits per heavy atom. The van der Waals surface area contributed by atoms with Crippen molar-refractivity contribution in [2.24, 2.45) is 0 Å². The summed E-state index contributed by atoms with van der Waals surface area (Å²) in [5.41, 5.74) is 1.02. The van der Waals surface area contributed by atoms with Gasteiger partial charge in [-0.15, -0.1) is 0 Å². The summed E-state index contributed by atoms with van der Waals surface area (Å²) in [7, 11) is 0. The summed E-state index contributed by atoms with van der Waals surface area (Å²) in [6, 6.07) is 0.218. The zero-order valence-electron chi connectivity index (χ0n) is 12.3. The second-order valence-electron chi connectivity index (χ2n) is 5.95. The van der Waals surface area contributed by atoms with Crippen molar-refractivity contribution < 1.29 is 14.3 Å². The molecular weight excluding hydrogens is 254 g/mol. The molecular formula is C16H25NO3. The molecule has 20 heavy (non-hydrogen) atoms. The van der Waals surface area contributed by atoms with Crippen molar-refractivity contribution in [3.8, 4) is 0 Å². The van der Waals surface area contributed by atoms with Crippen LogP contribution in [0.2, 0.25) is 0 Å². The smallest absolute Gasteiger partial charge is 0.249 e. The van der Waals surface area contributed by atoms with Crippen LogP contribution in [0, 0.1) is 0 Å². The Morgan fingerprint density at radius 2 is 2.35 bits per heavy atom. The summed E-state index contributed by atoms with van der Waals surface area (Å²) in [5.74, 6) is 0.250. The van der Waals surface area contributed by atoms with Crippen molar-refractivity contribution in [2.45, 2.75) is 63.7 Å². The SMILES string of the molecule is CCO[C@H]1CC[C@H]2[C@@H]1OCCN2C(=O)C1=CCCCC1. The van der Waals surface area contributed by atoms with Gasteiger partial charge in [-0.2, -0.15) is 0 Å². The molecule has 0 unspecified atom stereocenters. The molecule has 2 aliphatic carbocycles. The first-order valence-electron chi connectivity index (χ1n) is 8.04. The molecule has 3 rings (SSSR count). The van der Waals surface area contributed by atoms with Crippen LogP contribution >= 0.6 is 0 Å².